The minimum atomic E-state index is -0.0334. The lowest BCUT2D eigenvalue weighted by molar-refractivity contribution is 0.0944. The summed E-state index contributed by atoms with van der Waals surface area (Å²) in [6.45, 7) is 2.82. The first kappa shape index (κ1) is 17.3. The van der Waals surface area contributed by atoms with Crippen LogP contribution < -0.4 is 15.4 Å². The average molecular weight is 364 g/mol. The predicted molar refractivity (Wildman–Crippen MR) is 85.9 cm³/mol. The van der Waals surface area contributed by atoms with Crippen molar-refractivity contribution in [2.24, 2.45) is 5.92 Å². The van der Waals surface area contributed by atoms with Crippen molar-refractivity contribution in [2.75, 3.05) is 26.7 Å². The Morgan fingerprint density at radius 2 is 2.35 bits per heavy atom. The van der Waals surface area contributed by atoms with E-state index >= 15 is 0 Å². The summed E-state index contributed by atoms with van der Waals surface area (Å²) in [5, 5.41) is 6.34. The van der Waals surface area contributed by atoms with Gasteiger partial charge >= 0.3 is 0 Å². The number of methoxy groups -OCH3 is 1. The highest BCUT2D eigenvalue weighted by Crippen LogP contribution is 2.25. The van der Waals surface area contributed by atoms with Gasteiger partial charge in [-0.3, -0.25) is 4.79 Å². The molecule has 1 aliphatic rings. The molecule has 1 unspecified atom stereocenters. The molecule has 1 heterocycles. The molecule has 20 heavy (non-hydrogen) atoms. The minimum absolute atomic E-state index is 0. The largest absolute Gasteiger partial charge is 0.496 e. The zero-order valence-corrected chi connectivity index (χ0v) is 13.9. The van der Waals surface area contributed by atoms with E-state index < -0.39 is 0 Å². The summed E-state index contributed by atoms with van der Waals surface area (Å²) in [6, 6.07) is 5.35. The number of benzene rings is 1. The Kier molecular flexibility index (Phi) is 7.34. The fraction of sp³-hybridized carbons (Fsp3) is 0.500. The van der Waals surface area contributed by atoms with Crippen LogP contribution in [-0.2, 0) is 0 Å². The first-order valence-electron chi connectivity index (χ1n) is 6.53. The smallest absolute Gasteiger partial charge is 0.251 e. The number of rotatable bonds is 4. The topological polar surface area (TPSA) is 50.4 Å². The second-order valence-corrected chi connectivity index (χ2v) is 5.63. The summed E-state index contributed by atoms with van der Waals surface area (Å²) >= 11 is 3.39. The van der Waals surface area contributed by atoms with Gasteiger partial charge in [0.2, 0.25) is 0 Å². The van der Waals surface area contributed by atoms with Crippen molar-refractivity contribution < 1.29 is 9.53 Å². The third kappa shape index (κ3) is 4.65. The third-order valence-corrected chi connectivity index (χ3v) is 3.98. The van der Waals surface area contributed by atoms with Crippen LogP contribution in [0.1, 0.15) is 23.2 Å². The quantitative estimate of drug-likeness (QED) is 0.864. The molecule has 0 aliphatic carbocycles. The molecule has 1 aromatic carbocycles. The average Bonchev–Trinajstić information content (AvgIpc) is 2.45. The molecule has 1 atom stereocenters. The molecule has 6 heteroatoms. The number of nitrogens with one attached hydrogen (secondary N) is 2. The van der Waals surface area contributed by atoms with Crippen LogP contribution in [0.25, 0.3) is 0 Å². The highest BCUT2D eigenvalue weighted by atomic mass is 79.9. The van der Waals surface area contributed by atoms with Gasteiger partial charge in [-0.15, -0.1) is 12.4 Å². The van der Waals surface area contributed by atoms with Gasteiger partial charge in [0.05, 0.1) is 11.6 Å². The Hall–Kier alpha value is -0.780. The predicted octanol–water partition coefficient (Wildman–Crippen LogP) is 2.61. The molecule has 0 bridgehead atoms. The van der Waals surface area contributed by atoms with Gasteiger partial charge in [-0.25, -0.2) is 0 Å². The van der Waals surface area contributed by atoms with E-state index in [-0.39, 0.29) is 18.3 Å². The Balaban J connectivity index is 0.00000200. The van der Waals surface area contributed by atoms with Gasteiger partial charge in [0.25, 0.3) is 5.91 Å². The van der Waals surface area contributed by atoms with Crippen LogP contribution in [0.15, 0.2) is 22.7 Å². The number of hydrogen-bond donors (Lipinski definition) is 2. The van der Waals surface area contributed by atoms with Crippen LogP contribution in [0.3, 0.4) is 0 Å². The van der Waals surface area contributed by atoms with Crippen LogP contribution in [0.4, 0.5) is 0 Å². The van der Waals surface area contributed by atoms with E-state index in [2.05, 4.69) is 26.6 Å². The van der Waals surface area contributed by atoms with Crippen LogP contribution in [0.5, 0.6) is 5.75 Å². The maximum absolute atomic E-state index is 12.0. The van der Waals surface area contributed by atoms with Crippen molar-refractivity contribution in [3.63, 3.8) is 0 Å². The van der Waals surface area contributed by atoms with E-state index in [1.807, 2.05) is 0 Å². The maximum atomic E-state index is 12.0. The summed E-state index contributed by atoms with van der Waals surface area (Å²) in [4.78, 5) is 12.0. The fourth-order valence-electron chi connectivity index (χ4n) is 2.24. The number of amides is 1. The van der Waals surface area contributed by atoms with E-state index in [0.717, 1.165) is 29.9 Å². The molecule has 112 valence electrons. The molecule has 1 aliphatic heterocycles. The molecule has 0 saturated carbocycles. The van der Waals surface area contributed by atoms with E-state index in [0.29, 0.717) is 11.5 Å². The van der Waals surface area contributed by atoms with Crippen molar-refractivity contribution in [2.45, 2.75) is 12.8 Å². The Morgan fingerprint density at radius 1 is 1.55 bits per heavy atom. The second-order valence-electron chi connectivity index (χ2n) is 4.77. The number of ether oxygens (including phenoxy) is 1. The van der Waals surface area contributed by atoms with Crippen LogP contribution in [0.2, 0.25) is 0 Å². The number of halogens is 2. The minimum Gasteiger partial charge on any atom is -0.496 e. The van der Waals surface area contributed by atoms with Crippen molar-refractivity contribution in [3.8, 4) is 5.75 Å². The third-order valence-electron chi connectivity index (χ3n) is 3.36. The molecule has 1 amide bonds. The Labute approximate surface area is 134 Å². The highest BCUT2D eigenvalue weighted by molar-refractivity contribution is 9.10. The maximum Gasteiger partial charge on any atom is 0.251 e. The first-order chi connectivity index (χ1) is 9.20. The van der Waals surface area contributed by atoms with E-state index in [1.54, 1.807) is 25.3 Å². The van der Waals surface area contributed by atoms with Crippen molar-refractivity contribution in [3.05, 3.63) is 28.2 Å². The molecule has 1 aromatic rings. The highest BCUT2D eigenvalue weighted by Gasteiger charge is 2.15. The van der Waals surface area contributed by atoms with Crippen molar-refractivity contribution >= 4 is 34.2 Å². The van der Waals surface area contributed by atoms with Crippen LogP contribution >= 0.6 is 28.3 Å². The lowest BCUT2D eigenvalue weighted by Crippen LogP contribution is -2.38. The molecule has 2 N–H and O–H groups in total. The van der Waals surface area contributed by atoms with Gasteiger partial charge in [-0.2, -0.15) is 0 Å². The van der Waals surface area contributed by atoms with Crippen LogP contribution in [-0.4, -0.2) is 32.7 Å². The van der Waals surface area contributed by atoms with Gasteiger partial charge in [-0.1, -0.05) is 0 Å². The molecular formula is C14H20BrClN2O2. The van der Waals surface area contributed by atoms with E-state index in [1.165, 1.54) is 12.8 Å². The van der Waals surface area contributed by atoms with Gasteiger partial charge in [0.1, 0.15) is 5.75 Å². The number of piperidine rings is 1. The molecule has 1 fully saturated rings. The molecule has 2 rings (SSSR count). The van der Waals surface area contributed by atoms with Gasteiger partial charge in [-0.05, 0) is 66.0 Å². The number of carbonyl (C=O) groups is 1. The number of carbonyl (C=O) groups excluding carboxylic acids is 1. The van der Waals surface area contributed by atoms with Crippen molar-refractivity contribution in [1.82, 2.24) is 10.6 Å². The molecular weight excluding hydrogens is 344 g/mol. The zero-order valence-electron chi connectivity index (χ0n) is 11.4. The summed E-state index contributed by atoms with van der Waals surface area (Å²) in [7, 11) is 1.61. The molecule has 1 saturated heterocycles. The SMILES string of the molecule is COc1ccc(C(=O)NCC2CCCNC2)cc1Br.Cl. The van der Waals surface area contributed by atoms with Crippen LogP contribution in [0, 0.1) is 5.92 Å². The summed E-state index contributed by atoms with van der Waals surface area (Å²) < 4.78 is 5.94. The van der Waals surface area contributed by atoms with Gasteiger partial charge < -0.3 is 15.4 Å². The lowest BCUT2D eigenvalue weighted by Gasteiger charge is -2.22. The molecule has 0 radical (unpaired) electrons. The monoisotopic (exact) mass is 362 g/mol. The van der Waals surface area contributed by atoms with E-state index in [4.69, 9.17) is 4.74 Å². The molecule has 4 nitrogen and oxygen atoms in total. The van der Waals surface area contributed by atoms with Gasteiger partial charge in [0, 0.05) is 12.1 Å². The normalized spacial score (nSPS) is 18.0. The Bertz CT molecular complexity index is 451. The zero-order chi connectivity index (χ0) is 13.7. The summed E-state index contributed by atoms with van der Waals surface area (Å²) in [5.41, 5.74) is 0.649. The summed E-state index contributed by atoms with van der Waals surface area (Å²) in [5.74, 6) is 1.24. The van der Waals surface area contributed by atoms with Gasteiger partial charge in [0.15, 0.2) is 0 Å². The van der Waals surface area contributed by atoms with E-state index in [9.17, 15) is 4.79 Å². The summed E-state index contributed by atoms with van der Waals surface area (Å²) in [6.07, 6.45) is 2.37. The first-order valence-corrected chi connectivity index (χ1v) is 7.32. The van der Waals surface area contributed by atoms with Crippen molar-refractivity contribution in [1.29, 1.82) is 0 Å². The number of hydrogen-bond acceptors (Lipinski definition) is 3. The Morgan fingerprint density at radius 3 is 2.95 bits per heavy atom. The standard InChI is InChI=1S/C14H19BrN2O2.ClH/c1-19-13-5-4-11(7-12(13)15)14(18)17-9-10-3-2-6-16-8-10;/h4-5,7,10,16H,2-3,6,8-9H2,1H3,(H,17,18);1H. The molecule has 0 spiro atoms. The molecule has 0 aromatic heterocycles. The fourth-order valence-corrected chi connectivity index (χ4v) is 2.79. The lowest BCUT2D eigenvalue weighted by atomic mass is 10.00. The second kappa shape index (κ2) is 8.49.